The van der Waals surface area contributed by atoms with E-state index >= 15 is 0 Å². The van der Waals surface area contributed by atoms with Crippen LogP contribution in [0.25, 0.3) is 0 Å². The lowest BCUT2D eigenvalue weighted by molar-refractivity contribution is -0.150. The second-order valence-electron chi connectivity index (χ2n) is 6.58. The second kappa shape index (κ2) is 5.81. The third-order valence-electron chi connectivity index (χ3n) is 5.07. The standard InChI is InChI=1S/C17H19N3O4/c21-15(13-1-8-23-11-13)20-5-2-17(3-6-20)9-14(24-16(17)22)10-19-7-4-18-12-19/h1,4,7-8,11-12,14H,2-3,5-6,9-10H2. The third-order valence-corrected chi connectivity index (χ3v) is 5.07. The van der Waals surface area contributed by atoms with E-state index in [4.69, 9.17) is 9.15 Å². The molecule has 1 amide bonds. The van der Waals surface area contributed by atoms with Gasteiger partial charge in [0.25, 0.3) is 5.91 Å². The van der Waals surface area contributed by atoms with Crippen molar-refractivity contribution in [2.24, 2.45) is 5.41 Å². The summed E-state index contributed by atoms with van der Waals surface area (Å²) in [6, 6.07) is 1.66. The number of carbonyl (C=O) groups excluding carboxylic acids is 2. The predicted octanol–water partition coefficient (Wildman–Crippen LogP) is 1.71. The van der Waals surface area contributed by atoms with Crippen molar-refractivity contribution in [3.8, 4) is 0 Å². The Hall–Kier alpha value is -2.57. The SMILES string of the molecule is O=C(c1ccoc1)N1CCC2(CC1)CC(Cn1ccnc1)OC2=O. The monoisotopic (exact) mass is 329 g/mol. The summed E-state index contributed by atoms with van der Waals surface area (Å²) in [6.45, 7) is 1.76. The molecule has 4 heterocycles. The van der Waals surface area contributed by atoms with Gasteiger partial charge in [-0.15, -0.1) is 0 Å². The van der Waals surface area contributed by atoms with E-state index < -0.39 is 5.41 Å². The number of imidazole rings is 1. The Morgan fingerprint density at radius 3 is 2.88 bits per heavy atom. The number of amides is 1. The van der Waals surface area contributed by atoms with E-state index in [-0.39, 0.29) is 18.0 Å². The highest BCUT2D eigenvalue weighted by Crippen LogP contribution is 2.43. The van der Waals surface area contributed by atoms with Gasteiger partial charge >= 0.3 is 5.97 Å². The summed E-state index contributed by atoms with van der Waals surface area (Å²) in [7, 11) is 0. The van der Waals surface area contributed by atoms with Crippen molar-refractivity contribution < 1.29 is 18.7 Å². The van der Waals surface area contributed by atoms with Crippen LogP contribution in [0, 0.1) is 5.41 Å². The summed E-state index contributed by atoms with van der Waals surface area (Å²) in [4.78, 5) is 30.6. The van der Waals surface area contributed by atoms with Crippen molar-refractivity contribution in [2.75, 3.05) is 13.1 Å². The van der Waals surface area contributed by atoms with Gasteiger partial charge in [0, 0.05) is 31.9 Å². The van der Waals surface area contributed by atoms with E-state index in [1.54, 1.807) is 23.5 Å². The van der Waals surface area contributed by atoms with Crippen LogP contribution in [0.4, 0.5) is 0 Å². The van der Waals surface area contributed by atoms with Crippen LogP contribution in [0.5, 0.6) is 0 Å². The van der Waals surface area contributed by atoms with Gasteiger partial charge in [-0.3, -0.25) is 9.59 Å². The van der Waals surface area contributed by atoms with Gasteiger partial charge in [-0.2, -0.15) is 0 Å². The van der Waals surface area contributed by atoms with Crippen molar-refractivity contribution in [3.05, 3.63) is 42.9 Å². The highest BCUT2D eigenvalue weighted by atomic mass is 16.6. The topological polar surface area (TPSA) is 77.6 Å². The molecule has 0 radical (unpaired) electrons. The molecular formula is C17H19N3O4. The van der Waals surface area contributed by atoms with Gasteiger partial charge in [-0.25, -0.2) is 4.98 Å². The molecule has 7 nitrogen and oxygen atoms in total. The Balaban J connectivity index is 1.39. The number of esters is 1. The minimum Gasteiger partial charge on any atom is -0.472 e. The second-order valence-corrected chi connectivity index (χ2v) is 6.58. The average molecular weight is 329 g/mol. The van der Waals surface area contributed by atoms with Crippen LogP contribution < -0.4 is 0 Å². The third kappa shape index (κ3) is 2.60. The molecule has 1 spiro atoms. The van der Waals surface area contributed by atoms with E-state index in [0.717, 1.165) is 0 Å². The fourth-order valence-electron chi connectivity index (χ4n) is 3.68. The molecule has 0 aromatic carbocycles. The molecule has 2 aromatic rings. The summed E-state index contributed by atoms with van der Waals surface area (Å²) in [6.07, 6.45) is 10.1. The molecule has 2 saturated heterocycles. The number of hydrogen-bond donors (Lipinski definition) is 0. The molecule has 0 bridgehead atoms. The molecule has 1 unspecified atom stereocenters. The lowest BCUT2D eigenvalue weighted by Gasteiger charge is -2.36. The van der Waals surface area contributed by atoms with E-state index in [1.807, 2.05) is 10.8 Å². The van der Waals surface area contributed by atoms with E-state index in [0.29, 0.717) is 44.5 Å². The number of piperidine rings is 1. The molecule has 126 valence electrons. The molecule has 4 rings (SSSR count). The van der Waals surface area contributed by atoms with Crippen LogP contribution in [-0.2, 0) is 16.1 Å². The molecule has 2 fully saturated rings. The number of hydrogen-bond acceptors (Lipinski definition) is 5. The van der Waals surface area contributed by atoms with E-state index in [1.165, 1.54) is 12.5 Å². The Morgan fingerprint density at radius 2 is 2.21 bits per heavy atom. The van der Waals surface area contributed by atoms with Gasteiger partial charge in [-0.05, 0) is 18.9 Å². The Bertz CT molecular complexity index is 715. The molecule has 7 heteroatoms. The molecule has 2 aliphatic heterocycles. The molecule has 0 aliphatic carbocycles. The normalized spacial score (nSPS) is 22.8. The number of ether oxygens (including phenoxy) is 1. The molecular weight excluding hydrogens is 310 g/mol. The van der Waals surface area contributed by atoms with Crippen LogP contribution in [0.1, 0.15) is 29.6 Å². The summed E-state index contributed by atoms with van der Waals surface area (Å²) in [5.41, 5.74) is 0.108. The van der Waals surface area contributed by atoms with Crippen LogP contribution in [0.3, 0.4) is 0 Å². The van der Waals surface area contributed by atoms with Crippen LogP contribution in [0.15, 0.2) is 41.7 Å². The number of furan rings is 1. The zero-order chi connectivity index (χ0) is 16.6. The minimum atomic E-state index is -0.446. The maximum atomic E-state index is 12.4. The minimum absolute atomic E-state index is 0.0417. The average Bonchev–Trinajstić information content (AvgIpc) is 3.32. The Morgan fingerprint density at radius 1 is 1.38 bits per heavy atom. The first-order valence-electron chi connectivity index (χ1n) is 8.15. The highest BCUT2D eigenvalue weighted by Gasteiger charge is 2.50. The number of nitrogens with zero attached hydrogens (tertiary/aromatic N) is 3. The number of rotatable bonds is 3. The fourth-order valence-corrected chi connectivity index (χ4v) is 3.68. The van der Waals surface area contributed by atoms with Gasteiger partial charge in [-0.1, -0.05) is 0 Å². The molecule has 0 N–H and O–H groups in total. The first kappa shape index (κ1) is 15.0. The first-order valence-corrected chi connectivity index (χ1v) is 8.15. The maximum Gasteiger partial charge on any atom is 0.312 e. The van der Waals surface area contributed by atoms with Gasteiger partial charge in [0.2, 0.25) is 0 Å². The number of aromatic nitrogens is 2. The van der Waals surface area contributed by atoms with Gasteiger partial charge < -0.3 is 18.6 Å². The first-order chi connectivity index (χ1) is 11.7. The van der Waals surface area contributed by atoms with Gasteiger partial charge in [0.1, 0.15) is 12.4 Å². The Kier molecular flexibility index (Phi) is 3.63. The lowest BCUT2D eigenvalue weighted by atomic mass is 9.76. The zero-order valence-corrected chi connectivity index (χ0v) is 13.3. The molecule has 2 aromatic heterocycles. The number of likely N-dealkylation sites (tertiary alicyclic amines) is 1. The van der Waals surface area contributed by atoms with Crippen molar-refractivity contribution in [1.82, 2.24) is 14.5 Å². The smallest absolute Gasteiger partial charge is 0.312 e. The summed E-state index contributed by atoms with van der Waals surface area (Å²) in [5, 5.41) is 0. The highest BCUT2D eigenvalue weighted by molar-refractivity contribution is 5.94. The van der Waals surface area contributed by atoms with Gasteiger partial charge in [0.15, 0.2) is 0 Å². The van der Waals surface area contributed by atoms with Crippen LogP contribution in [0.2, 0.25) is 0 Å². The van der Waals surface area contributed by atoms with Gasteiger partial charge in [0.05, 0.1) is 30.1 Å². The van der Waals surface area contributed by atoms with E-state index in [2.05, 4.69) is 4.98 Å². The predicted molar refractivity (Wildman–Crippen MR) is 83.0 cm³/mol. The molecule has 2 aliphatic rings. The van der Waals surface area contributed by atoms with Crippen molar-refractivity contribution in [1.29, 1.82) is 0 Å². The number of carbonyl (C=O) groups is 2. The molecule has 0 saturated carbocycles. The Labute approximate surface area is 139 Å². The van der Waals surface area contributed by atoms with Crippen molar-refractivity contribution in [2.45, 2.75) is 31.9 Å². The molecule has 1 atom stereocenters. The van der Waals surface area contributed by atoms with E-state index in [9.17, 15) is 9.59 Å². The fraction of sp³-hybridized carbons (Fsp3) is 0.471. The summed E-state index contributed by atoms with van der Waals surface area (Å²) >= 11 is 0. The number of cyclic esters (lactones) is 1. The summed E-state index contributed by atoms with van der Waals surface area (Å²) in [5.74, 6) is -0.164. The lowest BCUT2D eigenvalue weighted by Crippen LogP contribution is -2.45. The van der Waals surface area contributed by atoms with Crippen LogP contribution >= 0.6 is 0 Å². The van der Waals surface area contributed by atoms with Crippen molar-refractivity contribution in [3.63, 3.8) is 0 Å². The molecule has 24 heavy (non-hydrogen) atoms. The maximum absolute atomic E-state index is 12.4. The van der Waals surface area contributed by atoms with Crippen LogP contribution in [-0.4, -0.2) is 45.5 Å². The zero-order valence-electron chi connectivity index (χ0n) is 13.3. The summed E-state index contributed by atoms with van der Waals surface area (Å²) < 4.78 is 12.5. The quantitative estimate of drug-likeness (QED) is 0.801. The largest absolute Gasteiger partial charge is 0.472 e. The van der Waals surface area contributed by atoms with Crippen molar-refractivity contribution >= 4 is 11.9 Å².